The van der Waals surface area contributed by atoms with Crippen molar-refractivity contribution in [2.24, 2.45) is 0 Å². The van der Waals surface area contributed by atoms with E-state index in [9.17, 15) is 5.11 Å². The summed E-state index contributed by atoms with van der Waals surface area (Å²) in [6, 6.07) is 0. The van der Waals surface area contributed by atoms with Crippen molar-refractivity contribution >= 4 is 0 Å². The minimum atomic E-state index is -0.245. The van der Waals surface area contributed by atoms with Crippen molar-refractivity contribution < 1.29 is 9.84 Å². The minimum absolute atomic E-state index is 0.188. The molecule has 1 saturated carbocycles. The van der Waals surface area contributed by atoms with Gasteiger partial charge in [0.15, 0.2) is 5.75 Å². The van der Waals surface area contributed by atoms with Crippen LogP contribution in [-0.2, 0) is 6.54 Å². The summed E-state index contributed by atoms with van der Waals surface area (Å²) < 4.78 is 7.38. The first kappa shape index (κ1) is 12.4. The summed E-state index contributed by atoms with van der Waals surface area (Å²) in [7, 11) is 1.67. The van der Waals surface area contributed by atoms with E-state index in [0.717, 1.165) is 43.7 Å². The van der Waals surface area contributed by atoms with Gasteiger partial charge in [-0.25, -0.2) is 0 Å². The molecule has 1 aromatic heterocycles. The molecule has 1 aliphatic carbocycles. The Bertz CT molecular complexity index is 362. The number of aromatic nitrogens is 2. The van der Waals surface area contributed by atoms with E-state index in [1.807, 2.05) is 4.68 Å². The molecule has 1 aromatic rings. The number of nitrogens with zero attached hydrogens (tertiary/aromatic N) is 2. The molecule has 0 aliphatic heterocycles. The van der Waals surface area contributed by atoms with E-state index in [4.69, 9.17) is 4.74 Å². The van der Waals surface area contributed by atoms with Crippen LogP contribution in [0.3, 0.4) is 0 Å². The van der Waals surface area contributed by atoms with Crippen molar-refractivity contribution in [1.29, 1.82) is 0 Å². The highest BCUT2D eigenvalue weighted by Crippen LogP contribution is 2.37. The molecular formula is C13H22N2O2. The standard InChI is InChI=1S/C13H22N2O2/c1-3-8-15-13(12(17-2)9-14-15)10-6-4-5-7-11(10)16/h9-11,16H,3-8H2,1-2H3. The Hall–Kier alpha value is -1.03. The van der Waals surface area contributed by atoms with E-state index >= 15 is 0 Å². The number of hydrogen-bond acceptors (Lipinski definition) is 3. The fourth-order valence-electron chi connectivity index (χ4n) is 2.73. The average Bonchev–Trinajstić information content (AvgIpc) is 2.73. The van der Waals surface area contributed by atoms with Crippen LogP contribution >= 0.6 is 0 Å². The van der Waals surface area contributed by atoms with Crippen molar-refractivity contribution in [3.05, 3.63) is 11.9 Å². The predicted octanol–water partition coefficient (Wildman–Crippen LogP) is 2.32. The Balaban J connectivity index is 2.29. The molecule has 2 atom stereocenters. The summed E-state index contributed by atoms with van der Waals surface area (Å²) in [6.45, 7) is 3.02. The monoisotopic (exact) mass is 238 g/mol. The Morgan fingerprint density at radius 1 is 1.47 bits per heavy atom. The summed E-state index contributed by atoms with van der Waals surface area (Å²) in [4.78, 5) is 0. The van der Waals surface area contributed by atoms with Crippen LogP contribution in [0.25, 0.3) is 0 Å². The fourth-order valence-corrected chi connectivity index (χ4v) is 2.73. The molecule has 4 nitrogen and oxygen atoms in total. The van der Waals surface area contributed by atoms with E-state index in [2.05, 4.69) is 12.0 Å². The number of aryl methyl sites for hydroxylation is 1. The van der Waals surface area contributed by atoms with Crippen LogP contribution in [0.5, 0.6) is 5.75 Å². The average molecular weight is 238 g/mol. The van der Waals surface area contributed by atoms with Gasteiger partial charge in [-0.15, -0.1) is 0 Å². The molecule has 2 rings (SSSR count). The first-order valence-corrected chi connectivity index (χ1v) is 6.55. The second-order valence-corrected chi connectivity index (χ2v) is 4.78. The lowest BCUT2D eigenvalue weighted by Crippen LogP contribution is -2.25. The Morgan fingerprint density at radius 3 is 2.88 bits per heavy atom. The lowest BCUT2D eigenvalue weighted by Gasteiger charge is -2.28. The number of rotatable bonds is 4. The van der Waals surface area contributed by atoms with E-state index in [1.165, 1.54) is 6.42 Å². The van der Waals surface area contributed by atoms with Crippen LogP contribution in [0.4, 0.5) is 0 Å². The van der Waals surface area contributed by atoms with Gasteiger partial charge in [-0.1, -0.05) is 19.8 Å². The molecule has 17 heavy (non-hydrogen) atoms. The lowest BCUT2D eigenvalue weighted by atomic mass is 9.84. The first-order chi connectivity index (χ1) is 8.27. The van der Waals surface area contributed by atoms with Crippen molar-refractivity contribution in [2.45, 2.75) is 57.6 Å². The van der Waals surface area contributed by atoms with Crippen LogP contribution in [-0.4, -0.2) is 28.1 Å². The molecule has 0 spiro atoms. The molecule has 4 heteroatoms. The van der Waals surface area contributed by atoms with Gasteiger partial charge in [-0.05, 0) is 19.3 Å². The molecule has 0 radical (unpaired) electrons. The third-order valence-electron chi connectivity index (χ3n) is 3.58. The molecule has 1 heterocycles. The van der Waals surface area contributed by atoms with Crippen LogP contribution < -0.4 is 4.74 Å². The zero-order valence-corrected chi connectivity index (χ0v) is 10.7. The van der Waals surface area contributed by atoms with E-state index in [-0.39, 0.29) is 12.0 Å². The second-order valence-electron chi connectivity index (χ2n) is 4.78. The quantitative estimate of drug-likeness (QED) is 0.875. The Morgan fingerprint density at radius 2 is 2.24 bits per heavy atom. The van der Waals surface area contributed by atoms with Crippen molar-refractivity contribution in [2.75, 3.05) is 7.11 Å². The maximum Gasteiger partial charge on any atom is 0.160 e. The normalized spacial score (nSPS) is 24.9. The van der Waals surface area contributed by atoms with Crippen LogP contribution in [0.1, 0.15) is 50.6 Å². The van der Waals surface area contributed by atoms with Gasteiger partial charge in [0.25, 0.3) is 0 Å². The molecule has 0 aromatic carbocycles. The molecule has 0 amide bonds. The zero-order valence-electron chi connectivity index (χ0n) is 10.7. The summed E-state index contributed by atoms with van der Waals surface area (Å²) >= 11 is 0. The SMILES string of the molecule is CCCn1ncc(OC)c1C1CCCCC1O. The maximum absolute atomic E-state index is 10.2. The largest absolute Gasteiger partial charge is 0.493 e. The molecule has 0 saturated heterocycles. The third-order valence-corrected chi connectivity index (χ3v) is 3.58. The van der Waals surface area contributed by atoms with Crippen LogP contribution in [0, 0.1) is 0 Å². The number of methoxy groups -OCH3 is 1. The van der Waals surface area contributed by atoms with Crippen LogP contribution in [0.2, 0.25) is 0 Å². The summed E-state index contributed by atoms with van der Waals surface area (Å²) in [5.41, 5.74) is 1.08. The molecule has 0 bridgehead atoms. The Kier molecular flexibility index (Phi) is 4.05. The van der Waals surface area contributed by atoms with Gasteiger partial charge in [-0.3, -0.25) is 4.68 Å². The number of aliphatic hydroxyl groups is 1. The first-order valence-electron chi connectivity index (χ1n) is 6.55. The molecule has 96 valence electrons. The van der Waals surface area contributed by atoms with Gasteiger partial charge < -0.3 is 9.84 Å². The highest BCUT2D eigenvalue weighted by atomic mass is 16.5. The van der Waals surface area contributed by atoms with Gasteiger partial charge in [0, 0.05) is 12.5 Å². The molecule has 1 N–H and O–H groups in total. The van der Waals surface area contributed by atoms with Crippen molar-refractivity contribution in [1.82, 2.24) is 9.78 Å². The van der Waals surface area contributed by atoms with Gasteiger partial charge in [-0.2, -0.15) is 5.10 Å². The smallest absolute Gasteiger partial charge is 0.160 e. The number of ether oxygens (including phenoxy) is 1. The summed E-state index contributed by atoms with van der Waals surface area (Å²) in [5.74, 6) is 1.01. The number of hydrogen-bond donors (Lipinski definition) is 1. The van der Waals surface area contributed by atoms with Gasteiger partial charge in [0.05, 0.1) is 25.1 Å². The van der Waals surface area contributed by atoms with E-state index in [1.54, 1.807) is 13.3 Å². The number of aliphatic hydroxyl groups excluding tert-OH is 1. The molecule has 2 unspecified atom stereocenters. The lowest BCUT2D eigenvalue weighted by molar-refractivity contribution is 0.101. The topological polar surface area (TPSA) is 47.3 Å². The molecular weight excluding hydrogens is 216 g/mol. The fraction of sp³-hybridized carbons (Fsp3) is 0.769. The van der Waals surface area contributed by atoms with Gasteiger partial charge >= 0.3 is 0 Å². The molecule has 1 aliphatic rings. The highest BCUT2D eigenvalue weighted by Gasteiger charge is 2.30. The maximum atomic E-state index is 10.2. The molecule has 1 fully saturated rings. The predicted molar refractivity (Wildman–Crippen MR) is 66.3 cm³/mol. The van der Waals surface area contributed by atoms with Crippen molar-refractivity contribution in [3.63, 3.8) is 0 Å². The highest BCUT2D eigenvalue weighted by molar-refractivity contribution is 5.30. The van der Waals surface area contributed by atoms with Gasteiger partial charge in [0.1, 0.15) is 0 Å². The summed E-state index contributed by atoms with van der Waals surface area (Å²) in [6.07, 6.45) is 6.81. The van der Waals surface area contributed by atoms with E-state index < -0.39 is 0 Å². The third kappa shape index (κ3) is 2.46. The minimum Gasteiger partial charge on any atom is -0.493 e. The zero-order chi connectivity index (χ0) is 12.3. The van der Waals surface area contributed by atoms with Crippen molar-refractivity contribution in [3.8, 4) is 5.75 Å². The van der Waals surface area contributed by atoms with Crippen LogP contribution in [0.15, 0.2) is 6.20 Å². The second kappa shape index (κ2) is 5.54. The Labute approximate surface area is 103 Å². The van der Waals surface area contributed by atoms with E-state index in [0.29, 0.717) is 0 Å². The van der Waals surface area contributed by atoms with Gasteiger partial charge in [0.2, 0.25) is 0 Å². The summed E-state index contributed by atoms with van der Waals surface area (Å²) in [5, 5.41) is 14.5.